The summed E-state index contributed by atoms with van der Waals surface area (Å²) < 4.78 is 10.0. The van der Waals surface area contributed by atoms with Crippen LogP contribution in [0.15, 0.2) is 25.3 Å². The van der Waals surface area contributed by atoms with Crippen LogP contribution in [0.25, 0.3) is 0 Å². The fourth-order valence-electron chi connectivity index (χ4n) is 2.35. The van der Waals surface area contributed by atoms with Crippen LogP contribution in [0.2, 0.25) is 0 Å². The van der Waals surface area contributed by atoms with Crippen molar-refractivity contribution in [3.05, 3.63) is 25.3 Å². The van der Waals surface area contributed by atoms with E-state index in [9.17, 15) is 0 Å². The quantitative estimate of drug-likeness (QED) is 0.0961. The van der Waals surface area contributed by atoms with E-state index in [0.717, 1.165) is 0 Å². The summed E-state index contributed by atoms with van der Waals surface area (Å²) in [5.74, 6) is 0. The number of rotatable bonds is 14. The third kappa shape index (κ3) is 13.3. The monoisotopic (exact) mass is 640 g/mol. The fourth-order valence-corrected chi connectivity index (χ4v) is 4.67. The summed E-state index contributed by atoms with van der Waals surface area (Å²) in [5, 5.41) is 51.6. The molecular weight excluding hydrogens is 605 g/mol. The van der Waals surface area contributed by atoms with Crippen LogP contribution in [-0.4, -0.2) is 129 Å². The molecule has 0 amide bonds. The number of ether oxygens (including phenoxy) is 2. The number of hydrogen-bond acceptors (Lipinski definition) is 8. The van der Waals surface area contributed by atoms with Crippen molar-refractivity contribution in [2.75, 3.05) is 66.1 Å². The van der Waals surface area contributed by atoms with Crippen LogP contribution in [0, 0.1) is 10.8 Å². The number of alkyl halides is 6. The van der Waals surface area contributed by atoms with Gasteiger partial charge in [0.05, 0.1) is 109 Å². The molecule has 0 saturated heterocycles. The van der Waals surface area contributed by atoms with E-state index in [2.05, 4.69) is 13.2 Å². The number of aliphatic hydroxyl groups is 6. The third-order valence-corrected chi connectivity index (χ3v) is 9.16. The summed E-state index contributed by atoms with van der Waals surface area (Å²) >= 11 is 35.3. The summed E-state index contributed by atoms with van der Waals surface area (Å²) in [5.41, 5.74) is -2.32. The highest BCUT2D eigenvalue weighted by Crippen LogP contribution is 2.39. The minimum Gasteiger partial charge on any atom is -0.396 e. The van der Waals surface area contributed by atoms with E-state index < -0.39 is 82.7 Å². The molecule has 1 aliphatic rings. The van der Waals surface area contributed by atoms with E-state index >= 15 is 0 Å². The smallest absolute Gasteiger partial charge is 0.0693 e. The molecule has 1 aliphatic carbocycles. The summed E-state index contributed by atoms with van der Waals surface area (Å²) in [6.45, 7) is 5.18. The van der Waals surface area contributed by atoms with Gasteiger partial charge >= 0.3 is 0 Å². The Hall–Kier alpha value is 0.900. The topological polar surface area (TPSA) is 140 Å². The Kier molecular flexibility index (Phi) is 23.5. The van der Waals surface area contributed by atoms with Crippen molar-refractivity contribution in [1.82, 2.24) is 0 Å². The van der Waals surface area contributed by atoms with Gasteiger partial charge < -0.3 is 40.1 Å². The first kappa shape index (κ1) is 39.0. The molecule has 0 bridgehead atoms. The molecule has 1 saturated carbocycles. The van der Waals surface area contributed by atoms with Gasteiger partial charge in [0.15, 0.2) is 0 Å². The van der Waals surface area contributed by atoms with Crippen LogP contribution in [0.1, 0.15) is 0 Å². The minimum absolute atomic E-state index is 0.141. The van der Waals surface area contributed by atoms with Gasteiger partial charge in [0.1, 0.15) is 0 Å². The van der Waals surface area contributed by atoms with E-state index in [-0.39, 0.29) is 13.2 Å². The van der Waals surface area contributed by atoms with Crippen LogP contribution in [0.4, 0.5) is 0 Å². The molecule has 6 N–H and O–H groups in total. The maximum absolute atomic E-state index is 9.03. The molecule has 216 valence electrons. The molecule has 1 rings (SSSR count). The van der Waals surface area contributed by atoms with Crippen molar-refractivity contribution in [2.24, 2.45) is 10.8 Å². The minimum atomic E-state index is -1.16. The predicted molar refractivity (Wildman–Crippen MR) is 147 cm³/mol. The highest BCUT2D eigenvalue weighted by atomic mass is 35.5. The van der Waals surface area contributed by atoms with Crippen molar-refractivity contribution < 1.29 is 40.1 Å². The molecule has 0 aliphatic heterocycles. The fraction of sp³-hybridized carbons (Fsp3) is 0.818. The standard InChI is InChI=1S/C10H22O7.C6H6Cl6.C6H10O/c11-1-9(2-12,3-13)7-17-8-10(4-14,5-15)6-16;7-1-2(8)4(10)6(12)5(11)3(1)9;1-3-5-7-6-4-2/h11-16H,1-8H2;1-6H;3-4H,1-2,5-6H2. The molecular formula is C22H38Cl6O8. The molecule has 0 unspecified atom stereocenters. The second-order valence-electron chi connectivity index (χ2n) is 8.22. The van der Waals surface area contributed by atoms with Crippen LogP contribution in [0.3, 0.4) is 0 Å². The molecule has 0 aromatic heterocycles. The van der Waals surface area contributed by atoms with E-state index in [1.807, 2.05) is 0 Å². The van der Waals surface area contributed by atoms with Crippen LogP contribution in [-0.2, 0) is 9.47 Å². The zero-order chi connectivity index (χ0) is 28.4. The van der Waals surface area contributed by atoms with Gasteiger partial charge in [-0.15, -0.1) is 82.8 Å². The number of hydrogen-bond donors (Lipinski definition) is 6. The second-order valence-corrected chi connectivity index (χ2v) is 11.2. The Balaban J connectivity index is 0. The summed E-state index contributed by atoms with van der Waals surface area (Å²) in [6, 6.07) is 0. The van der Waals surface area contributed by atoms with Crippen molar-refractivity contribution in [3.63, 3.8) is 0 Å². The van der Waals surface area contributed by atoms with Crippen molar-refractivity contribution >= 4 is 69.6 Å². The summed E-state index contributed by atoms with van der Waals surface area (Å²) in [7, 11) is 0. The van der Waals surface area contributed by atoms with E-state index in [1.165, 1.54) is 0 Å². The molecule has 1 fully saturated rings. The van der Waals surface area contributed by atoms with Crippen LogP contribution < -0.4 is 0 Å². The van der Waals surface area contributed by atoms with Crippen LogP contribution in [0.5, 0.6) is 0 Å². The first-order valence-corrected chi connectivity index (χ1v) is 13.4. The van der Waals surface area contributed by atoms with Gasteiger partial charge in [-0.3, -0.25) is 0 Å². The SMILES string of the molecule is C=CCOCC=C.ClC1C(Cl)C(Cl)C(Cl)C(Cl)C1Cl.OCC(CO)(CO)COCC(CO)(CO)CO. The van der Waals surface area contributed by atoms with Crippen molar-refractivity contribution in [3.8, 4) is 0 Å². The van der Waals surface area contributed by atoms with E-state index in [1.54, 1.807) is 12.2 Å². The molecule has 0 aromatic rings. The first-order chi connectivity index (χ1) is 16.9. The predicted octanol–water partition coefficient (Wildman–Crippen LogP) is 1.95. The van der Waals surface area contributed by atoms with Crippen LogP contribution >= 0.6 is 69.6 Å². The second kappa shape index (κ2) is 21.7. The van der Waals surface area contributed by atoms with Crippen molar-refractivity contribution in [1.29, 1.82) is 0 Å². The molecule has 0 radical (unpaired) electrons. The highest BCUT2D eigenvalue weighted by molar-refractivity contribution is 6.45. The number of aliphatic hydroxyl groups excluding tert-OH is 6. The summed E-state index contributed by atoms with van der Waals surface area (Å²) in [6.07, 6.45) is 3.42. The van der Waals surface area contributed by atoms with Gasteiger partial charge in [-0.2, -0.15) is 0 Å². The Bertz CT molecular complexity index is 466. The molecule has 0 heterocycles. The van der Waals surface area contributed by atoms with Gasteiger partial charge in [0, 0.05) is 0 Å². The molecule has 0 spiro atoms. The van der Waals surface area contributed by atoms with Gasteiger partial charge in [0.2, 0.25) is 0 Å². The van der Waals surface area contributed by atoms with Gasteiger partial charge in [-0.05, 0) is 0 Å². The maximum atomic E-state index is 9.03. The lowest BCUT2D eigenvalue weighted by Crippen LogP contribution is -2.52. The van der Waals surface area contributed by atoms with E-state index in [0.29, 0.717) is 13.2 Å². The van der Waals surface area contributed by atoms with Gasteiger partial charge in [-0.25, -0.2) is 0 Å². The zero-order valence-corrected chi connectivity index (χ0v) is 24.4. The Morgan fingerprint density at radius 2 is 0.722 bits per heavy atom. The van der Waals surface area contributed by atoms with Gasteiger partial charge in [0.25, 0.3) is 0 Å². The van der Waals surface area contributed by atoms with E-state index in [4.69, 9.17) is 110 Å². The lowest BCUT2D eigenvalue weighted by atomic mass is 9.91. The van der Waals surface area contributed by atoms with Gasteiger partial charge in [-0.1, -0.05) is 12.2 Å². The maximum Gasteiger partial charge on any atom is 0.0693 e. The lowest BCUT2D eigenvalue weighted by Gasteiger charge is -2.37. The molecule has 8 nitrogen and oxygen atoms in total. The lowest BCUT2D eigenvalue weighted by molar-refractivity contribution is -0.103. The molecule has 0 aromatic carbocycles. The number of halogens is 6. The average Bonchev–Trinajstić information content (AvgIpc) is 2.92. The largest absolute Gasteiger partial charge is 0.396 e. The Morgan fingerprint density at radius 3 is 0.889 bits per heavy atom. The highest BCUT2D eigenvalue weighted by Gasteiger charge is 2.47. The Labute approximate surface area is 243 Å². The third-order valence-electron chi connectivity index (χ3n) is 5.13. The normalized spacial score (nSPS) is 26.2. The Morgan fingerprint density at radius 1 is 0.500 bits per heavy atom. The molecule has 0 atom stereocenters. The zero-order valence-electron chi connectivity index (χ0n) is 19.9. The van der Waals surface area contributed by atoms with Crippen molar-refractivity contribution in [2.45, 2.75) is 32.3 Å². The molecule has 14 heteroatoms. The summed E-state index contributed by atoms with van der Waals surface area (Å²) in [4.78, 5) is 0. The first-order valence-electron chi connectivity index (χ1n) is 10.8. The molecule has 36 heavy (non-hydrogen) atoms. The average molecular weight is 643 g/mol.